The van der Waals surface area contributed by atoms with Crippen LogP contribution in [0.3, 0.4) is 0 Å². The lowest BCUT2D eigenvalue weighted by Crippen LogP contribution is -2.55. The van der Waals surface area contributed by atoms with Crippen molar-refractivity contribution in [3.63, 3.8) is 0 Å². The minimum absolute atomic E-state index is 0. The molecule has 0 unspecified atom stereocenters. The average Bonchev–Trinajstić information content (AvgIpc) is 2.84. The van der Waals surface area contributed by atoms with Crippen molar-refractivity contribution < 1.29 is 28.5 Å². The number of ether oxygens (including phenoxy) is 4. The molecule has 13 heteroatoms. The summed E-state index contributed by atoms with van der Waals surface area (Å²) >= 11 is 6.04. The number of halogens is 2. The molecule has 0 aromatic carbocycles. The Hall–Kier alpha value is -1.89. The summed E-state index contributed by atoms with van der Waals surface area (Å²) in [5.74, 6) is -0.473. The summed E-state index contributed by atoms with van der Waals surface area (Å²) < 4.78 is 21.8. The van der Waals surface area contributed by atoms with E-state index in [1.54, 1.807) is 7.11 Å². The van der Waals surface area contributed by atoms with Gasteiger partial charge in [0.25, 0.3) is 5.91 Å². The number of nitrogens with two attached hydrogens (primary N) is 1. The van der Waals surface area contributed by atoms with Crippen LogP contribution in [0.15, 0.2) is 6.07 Å². The fourth-order valence-corrected chi connectivity index (χ4v) is 4.27. The molecular formula is C22H35Cl2N5O6. The Kier molecular flexibility index (Phi) is 12.3. The average molecular weight is 536 g/mol. The summed E-state index contributed by atoms with van der Waals surface area (Å²) in [4.78, 5) is 31.0. The van der Waals surface area contributed by atoms with Crippen molar-refractivity contribution >= 4 is 41.7 Å². The second-order valence-electron chi connectivity index (χ2n) is 8.35. The predicted octanol–water partition coefficient (Wildman–Crippen LogP) is 0.879. The van der Waals surface area contributed by atoms with Gasteiger partial charge in [0.2, 0.25) is 5.88 Å². The molecule has 35 heavy (non-hydrogen) atoms. The number of pyridine rings is 1. The van der Waals surface area contributed by atoms with E-state index in [9.17, 15) is 9.59 Å². The summed E-state index contributed by atoms with van der Waals surface area (Å²) in [6, 6.07) is 1.25. The van der Waals surface area contributed by atoms with Crippen LogP contribution in [-0.4, -0.2) is 100 Å². The van der Waals surface area contributed by atoms with Gasteiger partial charge in [-0.25, -0.2) is 4.79 Å². The number of anilines is 1. The molecule has 4 N–H and O–H groups in total. The van der Waals surface area contributed by atoms with E-state index in [0.29, 0.717) is 26.1 Å². The molecule has 198 valence electrons. The fourth-order valence-electron chi connectivity index (χ4n) is 4.12. The van der Waals surface area contributed by atoms with Crippen molar-refractivity contribution in [2.75, 3.05) is 65.9 Å². The lowest BCUT2D eigenvalue weighted by molar-refractivity contribution is -0.155. The van der Waals surface area contributed by atoms with Gasteiger partial charge < -0.3 is 35.3 Å². The number of likely N-dealkylation sites (tertiary alicyclic amines) is 1. The van der Waals surface area contributed by atoms with Crippen LogP contribution >= 0.6 is 24.0 Å². The first-order valence-corrected chi connectivity index (χ1v) is 11.8. The maximum atomic E-state index is 12.8. The van der Waals surface area contributed by atoms with E-state index >= 15 is 0 Å². The highest BCUT2D eigenvalue weighted by Gasteiger charge is 2.31. The first-order chi connectivity index (χ1) is 16.4. The van der Waals surface area contributed by atoms with E-state index in [2.05, 4.69) is 20.5 Å². The molecule has 2 atom stereocenters. The first-order valence-electron chi connectivity index (χ1n) is 11.4. The quantitative estimate of drug-likeness (QED) is 0.292. The number of piperidine rings is 2. The number of hydrogen-bond acceptors (Lipinski definition) is 10. The lowest BCUT2D eigenvalue weighted by atomic mass is 10.0. The normalized spacial score (nSPS) is 21.1. The molecule has 1 aromatic heterocycles. The molecule has 0 bridgehead atoms. The van der Waals surface area contributed by atoms with Gasteiger partial charge in [-0.3, -0.25) is 9.69 Å². The number of nitrogens with zero attached hydrogens (tertiary/aromatic N) is 2. The van der Waals surface area contributed by atoms with Crippen molar-refractivity contribution in [1.82, 2.24) is 20.5 Å². The van der Waals surface area contributed by atoms with Gasteiger partial charge in [0, 0.05) is 26.7 Å². The van der Waals surface area contributed by atoms with Gasteiger partial charge in [-0.1, -0.05) is 11.6 Å². The van der Waals surface area contributed by atoms with E-state index in [1.807, 2.05) is 0 Å². The third-order valence-corrected chi connectivity index (χ3v) is 6.33. The van der Waals surface area contributed by atoms with Gasteiger partial charge in [-0.2, -0.15) is 4.98 Å². The van der Waals surface area contributed by atoms with Crippen molar-refractivity contribution in [2.24, 2.45) is 0 Å². The molecule has 1 aromatic rings. The number of amides is 1. The van der Waals surface area contributed by atoms with Crippen LogP contribution in [0.25, 0.3) is 0 Å². The molecule has 2 fully saturated rings. The predicted molar refractivity (Wildman–Crippen MR) is 133 cm³/mol. The van der Waals surface area contributed by atoms with Gasteiger partial charge in [0.15, 0.2) is 0 Å². The van der Waals surface area contributed by atoms with Gasteiger partial charge in [-0.15, -0.1) is 12.4 Å². The van der Waals surface area contributed by atoms with Gasteiger partial charge in [-0.05, 0) is 38.4 Å². The minimum Gasteiger partial charge on any atom is -0.480 e. The lowest BCUT2D eigenvalue weighted by Gasteiger charge is -2.38. The molecule has 2 saturated heterocycles. The smallest absolute Gasteiger partial charge is 0.332 e. The van der Waals surface area contributed by atoms with Crippen LogP contribution in [0, 0.1) is 0 Å². The van der Waals surface area contributed by atoms with E-state index < -0.39 is 0 Å². The summed E-state index contributed by atoms with van der Waals surface area (Å²) in [7, 11) is 3.03. The Balaban J connectivity index is 0.00000432. The van der Waals surface area contributed by atoms with Gasteiger partial charge in [0.1, 0.15) is 24.1 Å². The van der Waals surface area contributed by atoms with E-state index in [-0.39, 0.29) is 71.4 Å². The Morgan fingerprint density at radius 2 is 2.03 bits per heavy atom. The maximum absolute atomic E-state index is 12.8. The number of carbonyl (C=O) groups excluding carboxylic acids is 2. The van der Waals surface area contributed by atoms with Crippen molar-refractivity contribution in [1.29, 1.82) is 0 Å². The Morgan fingerprint density at radius 3 is 2.71 bits per heavy atom. The number of hydrogen-bond donors (Lipinski definition) is 3. The topological polar surface area (TPSA) is 137 Å². The maximum Gasteiger partial charge on any atom is 0.332 e. The zero-order valence-electron chi connectivity index (χ0n) is 20.1. The molecular weight excluding hydrogens is 501 g/mol. The van der Waals surface area contributed by atoms with E-state index in [4.69, 9.17) is 36.3 Å². The highest BCUT2D eigenvalue weighted by molar-refractivity contribution is 6.33. The SMILES string of the molecule is COc1nc(N)c(Cl)cc1C(=O)N[C@H]1CCN(CCOCC(=O)OC2CCNCC2)C[C@H]1OC.Cl. The molecule has 3 rings (SSSR count). The van der Waals surface area contributed by atoms with Crippen LogP contribution in [0.4, 0.5) is 5.82 Å². The number of nitrogens with one attached hydrogen (secondary N) is 2. The minimum atomic E-state index is -0.359. The number of esters is 1. The van der Waals surface area contributed by atoms with Crippen molar-refractivity contribution in [3.05, 3.63) is 16.7 Å². The Morgan fingerprint density at radius 1 is 1.29 bits per heavy atom. The molecule has 0 spiro atoms. The molecule has 1 amide bonds. The molecule has 0 radical (unpaired) electrons. The summed E-state index contributed by atoms with van der Waals surface area (Å²) in [5, 5.41) is 6.41. The van der Waals surface area contributed by atoms with Crippen LogP contribution in [0.2, 0.25) is 5.02 Å². The summed E-state index contributed by atoms with van der Waals surface area (Å²) in [6.45, 7) is 4.09. The number of methoxy groups -OCH3 is 2. The van der Waals surface area contributed by atoms with Crippen LogP contribution in [0.5, 0.6) is 5.88 Å². The monoisotopic (exact) mass is 535 g/mol. The molecule has 0 aliphatic carbocycles. The number of carbonyl (C=O) groups is 2. The number of nitrogen functional groups attached to an aromatic ring is 1. The molecule has 2 aliphatic rings. The fraction of sp³-hybridized carbons (Fsp3) is 0.682. The largest absolute Gasteiger partial charge is 0.480 e. The van der Waals surface area contributed by atoms with Crippen LogP contribution in [0.1, 0.15) is 29.6 Å². The zero-order valence-corrected chi connectivity index (χ0v) is 21.7. The standard InChI is InChI=1S/C22H34ClN5O6.ClH/c1-31-18-12-28(9-10-33-13-19(29)34-14-3-6-25-7-4-14)8-5-17(18)26-21(30)15-11-16(23)20(24)27-22(15)32-2;/h11,14,17-18,25H,3-10,12-13H2,1-2H3,(H2,24,27)(H,26,30);1H/t17-,18+;/m0./s1. The number of aromatic nitrogens is 1. The highest BCUT2D eigenvalue weighted by atomic mass is 35.5. The highest BCUT2D eigenvalue weighted by Crippen LogP contribution is 2.25. The second-order valence-corrected chi connectivity index (χ2v) is 8.75. The van der Waals surface area contributed by atoms with E-state index in [1.165, 1.54) is 13.2 Å². The summed E-state index contributed by atoms with van der Waals surface area (Å²) in [6.07, 6.45) is 2.12. The van der Waals surface area contributed by atoms with Gasteiger partial charge >= 0.3 is 5.97 Å². The third-order valence-electron chi connectivity index (χ3n) is 6.02. The molecule has 0 saturated carbocycles. The van der Waals surface area contributed by atoms with E-state index in [0.717, 1.165) is 32.5 Å². The van der Waals surface area contributed by atoms with Crippen molar-refractivity contribution in [3.8, 4) is 5.88 Å². The molecule has 2 aliphatic heterocycles. The summed E-state index contributed by atoms with van der Waals surface area (Å²) in [5.41, 5.74) is 5.91. The van der Waals surface area contributed by atoms with Crippen LogP contribution in [-0.2, 0) is 19.0 Å². The van der Waals surface area contributed by atoms with Crippen LogP contribution < -0.4 is 21.1 Å². The molecule has 11 nitrogen and oxygen atoms in total. The third kappa shape index (κ3) is 8.62. The second kappa shape index (κ2) is 14.6. The Labute approximate surface area is 216 Å². The number of rotatable bonds is 10. The first kappa shape index (κ1) is 29.3. The zero-order chi connectivity index (χ0) is 24.5. The van der Waals surface area contributed by atoms with Crippen molar-refractivity contribution in [2.45, 2.75) is 37.5 Å². The molecule has 3 heterocycles. The Bertz CT molecular complexity index is 843. The van der Waals surface area contributed by atoms with Gasteiger partial charge in [0.05, 0.1) is 30.9 Å².